The molecule has 0 saturated heterocycles. The summed E-state index contributed by atoms with van der Waals surface area (Å²) in [5, 5.41) is 14.0. The first kappa shape index (κ1) is 31.3. The number of nitrogens with zero attached hydrogens (tertiary/aromatic N) is 3. The molecule has 13 heteroatoms. The molecule has 2 aliphatic rings. The summed E-state index contributed by atoms with van der Waals surface area (Å²) in [6.45, 7) is 8.80. The molecule has 0 unspecified atom stereocenters. The molecule has 2 heterocycles. The average Bonchev–Trinajstić information content (AvgIpc) is 3.69. The molecule has 9 nitrogen and oxygen atoms in total. The van der Waals surface area contributed by atoms with E-state index in [0.29, 0.717) is 24.2 Å². The number of aliphatic imine (C=N–C) groups is 1. The molecule has 1 fully saturated rings. The molecule has 1 aliphatic heterocycles. The summed E-state index contributed by atoms with van der Waals surface area (Å²) < 4.78 is 40.3. The van der Waals surface area contributed by atoms with Gasteiger partial charge in [-0.25, -0.2) is 18.6 Å². The number of amides is 2. The Balaban J connectivity index is 1.59. The third-order valence-electron chi connectivity index (χ3n) is 7.25. The van der Waals surface area contributed by atoms with Crippen LogP contribution in [-0.4, -0.2) is 55.4 Å². The van der Waals surface area contributed by atoms with Crippen molar-refractivity contribution in [3.8, 4) is 6.07 Å². The zero-order valence-corrected chi connectivity index (χ0v) is 25.9. The van der Waals surface area contributed by atoms with Gasteiger partial charge in [0.2, 0.25) is 5.91 Å². The Labute approximate surface area is 248 Å². The van der Waals surface area contributed by atoms with E-state index in [-0.39, 0.29) is 29.1 Å². The molecule has 1 saturated carbocycles. The maximum Gasteiger partial charge on any atom is 0.416 e. The lowest BCUT2D eigenvalue weighted by atomic mass is 9.84. The van der Waals surface area contributed by atoms with Gasteiger partial charge < -0.3 is 14.8 Å². The molecule has 42 heavy (non-hydrogen) atoms. The summed E-state index contributed by atoms with van der Waals surface area (Å²) in [5.74, 6) is -1.97. The number of alkyl carbamates (subject to hydrolysis) is 1. The number of fused-ring (bicyclic) bond motifs is 1. The number of benzene rings is 1. The summed E-state index contributed by atoms with van der Waals surface area (Å²) in [7, 11) is 0.226. The van der Waals surface area contributed by atoms with Crippen LogP contribution < -0.4 is 10.6 Å². The normalized spacial score (nSPS) is 23.2. The first-order valence-corrected chi connectivity index (χ1v) is 17.9. The maximum absolute atomic E-state index is 15.4. The van der Waals surface area contributed by atoms with Crippen LogP contribution in [0.3, 0.4) is 0 Å². The first-order valence-electron chi connectivity index (χ1n) is 13.4. The number of aromatic nitrogens is 1. The van der Waals surface area contributed by atoms with Crippen molar-refractivity contribution in [1.29, 1.82) is 5.26 Å². The Bertz CT molecular complexity index is 1470. The number of nitrogens with one attached hydrogen (secondary N) is 2. The minimum absolute atomic E-state index is 0.0187. The van der Waals surface area contributed by atoms with Crippen LogP contribution in [0.2, 0.25) is 25.7 Å². The van der Waals surface area contributed by atoms with Gasteiger partial charge in [0, 0.05) is 39.4 Å². The first-order chi connectivity index (χ1) is 19.8. The van der Waals surface area contributed by atoms with Gasteiger partial charge in [0.15, 0.2) is 0 Å². The Morgan fingerprint density at radius 3 is 2.69 bits per heavy atom. The second-order valence-electron chi connectivity index (χ2n) is 11.6. The van der Waals surface area contributed by atoms with Crippen LogP contribution in [0.1, 0.15) is 35.7 Å². The van der Waals surface area contributed by atoms with Crippen molar-refractivity contribution in [2.75, 3.05) is 20.4 Å². The van der Waals surface area contributed by atoms with Crippen molar-refractivity contribution in [3.05, 3.63) is 64.7 Å². The number of nitriles is 1. The molecule has 2 amide bonds. The lowest BCUT2D eigenvalue weighted by molar-refractivity contribution is -0.121. The molecule has 222 valence electrons. The van der Waals surface area contributed by atoms with Gasteiger partial charge in [-0.2, -0.15) is 5.26 Å². The lowest BCUT2D eigenvalue weighted by Crippen LogP contribution is -2.43. The highest BCUT2D eigenvalue weighted by molar-refractivity contribution is 8.15. The molecule has 2 N–H and O–H groups in total. The van der Waals surface area contributed by atoms with Crippen LogP contribution in [0.25, 0.3) is 11.9 Å². The number of thioether (sulfide) groups is 1. The Morgan fingerprint density at radius 2 is 2.05 bits per heavy atom. The Morgan fingerprint density at radius 1 is 1.29 bits per heavy atom. The van der Waals surface area contributed by atoms with Crippen molar-refractivity contribution < 1.29 is 27.8 Å². The average molecular weight is 614 g/mol. The fraction of sp³-hybridized carbons (Fsp3) is 0.414. The van der Waals surface area contributed by atoms with E-state index < -0.39 is 42.0 Å². The van der Waals surface area contributed by atoms with Crippen molar-refractivity contribution in [1.82, 2.24) is 15.6 Å². The Kier molecular flexibility index (Phi) is 9.20. The predicted molar refractivity (Wildman–Crippen MR) is 160 cm³/mol. The lowest BCUT2D eigenvalue weighted by Gasteiger charge is -2.34. The van der Waals surface area contributed by atoms with Crippen LogP contribution in [0, 0.1) is 23.1 Å². The SMILES string of the molecule is CNC(=O)[C@]12C[C@H]1[C@@](C)(c1cc(/C=C(\F)c3ccc(C#N)cn3)ccc1F)N=C(OC(=O)NCOCC[Si](C)(C)C)S2. The molecule has 0 radical (unpaired) electrons. The minimum Gasteiger partial charge on any atom is -0.385 e. The molecule has 2 aromatic rings. The predicted octanol–water partition coefficient (Wildman–Crippen LogP) is 5.42. The van der Waals surface area contributed by atoms with Crippen LogP contribution in [0.15, 0.2) is 41.5 Å². The van der Waals surface area contributed by atoms with Crippen molar-refractivity contribution >= 4 is 49.0 Å². The van der Waals surface area contributed by atoms with Gasteiger partial charge in [0.05, 0.1) is 16.8 Å². The standard InChI is InChI=1S/C29H33F2N5O4SSi/c1-28(20-12-18(6-8-21(20)30)13-22(31)23-9-7-19(15-32)16-34-23)24-14-29(24,25(37)33-2)41-27(36-28)40-26(38)35-17-39-10-11-42(3,4)5/h6-9,12-13,16,24H,10-11,14,17H2,1-5H3,(H,33,37)(H,35,38)/b22-13-/t24-,28+,29-/m0/s1. The molecule has 1 aromatic heterocycles. The van der Waals surface area contributed by atoms with E-state index in [1.165, 1.54) is 49.7 Å². The molecular weight excluding hydrogens is 580 g/mol. The fourth-order valence-electron chi connectivity index (χ4n) is 4.77. The maximum atomic E-state index is 15.4. The largest absolute Gasteiger partial charge is 0.416 e. The number of carbonyl (C=O) groups is 2. The van der Waals surface area contributed by atoms with Gasteiger partial charge in [-0.05, 0) is 67.1 Å². The topological polar surface area (TPSA) is 126 Å². The monoisotopic (exact) mass is 613 g/mol. The number of ether oxygens (including phenoxy) is 2. The van der Waals surface area contributed by atoms with Gasteiger partial charge in [0.25, 0.3) is 5.23 Å². The smallest absolute Gasteiger partial charge is 0.385 e. The molecule has 3 atom stereocenters. The Hall–Kier alpha value is -3.60. The van der Waals surface area contributed by atoms with Gasteiger partial charge >= 0.3 is 6.09 Å². The highest BCUT2D eigenvalue weighted by atomic mass is 32.2. The van der Waals surface area contributed by atoms with Crippen LogP contribution in [0.4, 0.5) is 13.6 Å². The van der Waals surface area contributed by atoms with Gasteiger partial charge in [-0.1, -0.05) is 25.7 Å². The minimum atomic E-state index is -1.29. The van der Waals surface area contributed by atoms with E-state index >= 15 is 8.78 Å². The fourth-order valence-corrected chi connectivity index (χ4v) is 7.01. The van der Waals surface area contributed by atoms with E-state index in [4.69, 9.17) is 14.7 Å². The number of pyridine rings is 1. The zero-order valence-electron chi connectivity index (χ0n) is 24.1. The third kappa shape index (κ3) is 6.88. The summed E-state index contributed by atoms with van der Waals surface area (Å²) >= 11 is 1.03. The van der Waals surface area contributed by atoms with E-state index in [9.17, 15) is 9.59 Å². The van der Waals surface area contributed by atoms with Gasteiger partial charge in [-0.15, -0.1) is 0 Å². The van der Waals surface area contributed by atoms with Crippen LogP contribution in [0.5, 0.6) is 0 Å². The van der Waals surface area contributed by atoms with E-state index in [2.05, 4.69) is 40.3 Å². The van der Waals surface area contributed by atoms with Crippen molar-refractivity contribution in [3.63, 3.8) is 0 Å². The second-order valence-corrected chi connectivity index (χ2v) is 18.5. The van der Waals surface area contributed by atoms with Gasteiger partial charge in [0.1, 0.15) is 29.2 Å². The third-order valence-corrected chi connectivity index (χ3v) is 10.3. The summed E-state index contributed by atoms with van der Waals surface area (Å²) in [6, 6.07) is 9.78. The molecular formula is C29H33F2N5O4SSi. The molecule has 1 aromatic carbocycles. The molecule has 0 bridgehead atoms. The van der Waals surface area contributed by atoms with Crippen molar-refractivity contribution in [2.45, 2.75) is 49.3 Å². The number of carbonyl (C=O) groups excluding carboxylic acids is 2. The number of hydrogen-bond donors (Lipinski definition) is 2. The highest BCUT2D eigenvalue weighted by Gasteiger charge is 2.71. The second kappa shape index (κ2) is 12.3. The zero-order chi connectivity index (χ0) is 30.7. The molecule has 1 aliphatic carbocycles. The number of hydrogen-bond acceptors (Lipinski definition) is 8. The number of halogens is 2. The summed E-state index contributed by atoms with van der Waals surface area (Å²) in [5.41, 5.74) is -0.513. The molecule has 0 spiro atoms. The van der Waals surface area contributed by atoms with Crippen LogP contribution in [-0.2, 0) is 19.8 Å². The summed E-state index contributed by atoms with van der Waals surface area (Å²) in [6.07, 6.45) is 2.02. The summed E-state index contributed by atoms with van der Waals surface area (Å²) in [4.78, 5) is 34.1. The molecule has 4 rings (SSSR count). The van der Waals surface area contributed by atoms with E-state index in [1.807, 2.05) is 6.07 Å². The quantitative estimate of drug-likeness (QED) is 0.220. The van der Waals surface area contributed by atoms with Crippen molar-refractivity contribution in [2.24, 2.45) is 10.9 Å². The highest BCUT2D eigenvalue weighted by Crippen LogP contribution is 2.66. The number of rotatable bonds is 9. The van der Waals surface area contributed by atoms with Crippen LogP contribution >= 0.6 is 11.8 Å². The van der Waals surface area contributed by atoms with E-state index in [0.717, 1.165) is 17.8 Å². The van der Waals surface area contributed by atoms with Gasteiger partial charge in [-0.3, -0.25) is 15.1 Å². The van der Waals surface area contributed by atoms with E-state index in [1.54, 1.807) is 6.92 Å².